The lowest BCUT2D eigenvalue weighted by atomic mass is 9.99. The van der Waals surface area contributed by atoms with E-state index in [1.165, 1.54) is 12.1 Å². The number of fused-ring (bicyclic) bond motifs is 3. The molecule has 0 radical (unpaired) electrons. The highest BCUT2D eigenvalue weighted by Crippen LogP contribution is 2.47. The van der Waals surface area contributed by atoms with Crippen molar-refractivity contribution in [2.75, 3.05) is 13.6 Å². The predicted molar refractivity (Wildman–Crippen MR) is 179 cm³/mol. The number of esters is 4. The Bertz CT molecular complexity index is 2040. The van der Waals surface area contributed by atoms with Crippen molar-refractivity contribution in [2.24, 2.45) is 0 Å². The molecule has 0 N–H and O–H groups in total. The molecule has 0 heterocycles. The van der Waals surface area contributed by atoms with E-state index in [1.54, 1.807) is 24.3 Å². The van der Waals surface area contributed by atoms with E-state index in [9.17, 15) is 37.5 Å². The summed E-state index contributed by atoms with van der Waals surface area (Å²) < 4.78 is 68.1. The Hall–Kier alpha value is -7.36. The molecule has 4 aromatic rings. The Morgan fingerprint density at radius 3 is 1.30 bits per heavy atom. The standard InChI is InChI=1S/C38H26F2O14/c1-4-33(41)47-18-49-37(45)53-23-8-12-27(31(39)16-23)35(43)51-21-6-10-25-26-11-7-22(15-30(26)20(3)29(25)14-21)52-36(44)28-13-9-24(17-32(28)40)54-38(46)50-19-48-34(42)5-2/h4-17,20H,1-2,18-19H2,3H3. The molecule has 4 aromatic carbocycles. The summed E-state index contributed by atoms with van der Waals surface area (Å²) >= 11 is 0. The molecule has 0 saturated carbocycles. The number of rotatable bonds is 12. The van der Waals surface area contributed by atoms with Crippen molar-refractivity contribution in [1.82, 2.24) is 0 Å². The van der Waals surface area contributed by atoms with Gasteiger partial charge in [0.05, 0.1) is 11.1 Å². The number of benzene rings is 4. The van der Waals surface area contributed by atoms with Gasteiger partial charge in [0.25, 0.3) is 0 Å². The van der Waals surface area contributed by atoms with Crippen LogP contribution in [0.15, 0.2) is 98.1 Å². The zero-order valence-corrected chi connectivity index (χ0v) is 28.0. The van der Waals surface area contributed by atoms with Gasteiger partial charge in [-0.3, -0.25) is 0 Å². The summed E-state index contributed by atoms with van der Waals surface area (Å²) in [5.41, 5.74) is 2.19. The zero-order valence-electron chi connectivity index (χ0n) is 28.0. The Labute approximate surface area is 304 Å². The maximum absolute atomic E-state index is 14.8. The highest BCUT2D eigenvalue weighted by atomic mass is 19.1. The lowest BCUT2D eigenvalue weighted by Crippen LogP contribution is -2.15. The maximum atomic E-state index is 14.8. The van der Waals surface area contributed by atoms with Crippen molar-refractivity contribution in [3.63, 3.8) is 0 Å². The van der Waals surface area contributed by atoms with Crippen LogP contribution in [-0.4, -0.2) is 49.8 Å². The second kappa shape index (κ2) is 16.8. The monoisotopic (exact) mass is 744 g/mol. The zero-order chi connectivity index (χ0) is 38.9. The minimum Gasteiger partial charge on any atom is -0.425 e. The molecule has 0 aliphatic heterocycles. The predicted octanol–water partition coefficient (Wildman–Crippen LogP) is 6.94. The van der Waals surface area contributed by atoms with E-state index in [0.717, 1.165) is 70.8 Å². The highest BCUT2D eigenvalue weighted by molar-refractivity contribution is 5.93. The normalized spacial score (nSPS) is 11.2. The fourth-order valence-corrected chi connectivity index (χ4v) is 5.00. The van der Waals surface area contributed by atoms with Gasteiger partial charge in [-0.1, -0.05) is 32.2 Å². The minimum absolute atomic E-state index is 0.106. The number of hydrogen-bond donors (Lipinski definition) is 0. The Morgan fingerprint density at radius 1 is 0.556 bits per heavy atom. The highest BCUT2D eigenvalue weighted by Gasteiger charge is 2.28. The van der Waals surface area contributed by atoms with Gasteiger partial charge in [-0.25, -0.2) is 37.5 Å². The number of ether oxygens (including phenoxy) is 8. The third-order valence-corrected chi connectivity index (χ3v) is 7.50. The van der Waals surface area contributed by atoms with E-state index in [0.29, 0.717) is 0 Å². The molecule has 5 rings (SSSR count). The van der Waals surface area contributed by atoms with Gasteiger partial charge in [0.2, 0.25) is 13.6 Å². The van der Waals surface area contributed by atoms with Gasteiger partial charge < -0.3 is 37.9 Å². The van der Waals surface area contributed by atoms with Crippen LogP contribution in [0.25, 0.3) is 11.1 Å². The molecular weight excluding hydrogens is 718 g/mol. The molecule has 0 spiro atoms. The average Bonchev–Trinajstić information content (AvgIpc) is 3.41. The van der Waals surface area contributed by atoms with E-state index in [1.807, 2.05) is 6.92 Å². The van der Waals surface area contributed by atoms with Crippen LogP contribution in [0.2, 0.25) is 0 Å². The van der Waals surface area contributed by atoms with Crippen LogP contribution in [0.1, 0.15) is 44.7 Å². The van der Waals surface area contributed by atoms with Crippen molar-refractivity contribution in [1.29, 1.82) is 0 Å². The average molecular weight is 745 g/mol. The summed E-state index contributed by atoms with van der Waals surface area (Å²) in [6, 6.07) is 15.6. The second-order valence-electron chi connectivity index (χ2n) is 10.8. The van der Waals surface area contributed by atoms with Gasteiger partial charge in [0.1, 0.15) is 34.6 Å². The third-order valence-electron chi connectivity index (χ3n) is 7.50. The van der Waals surface area contributed by atoms with E-state index >= 15 is 0 Å². The van der Waals surface area contributed by atoms with Crippen LogP contribution < -0.4 is 18.9 Å². The van der Waals surface area contributed by atoms with Crippen LogP contribution >= 0.6 is 0 Å². The summed E-state index contributed by atoms with van der Waals surface area (Å²) in [5.74, 6) is -6.50. The molecular formula is C38H26F2O14. The summed E-state index contributed by atoms with van der Waals surface area (Å²) in [5, 5.41) is 0. The number of halogens is 2. The van der Waals surface area contributed by atoms with Crippen LogP contribution in [0.4, 0.5) is 18.4 Å². The molecule has 0 saturated heterocycles. The first-order valence-corrected chi connectivity index (χ1v) is 15.5. The van der Waals surface area contributed by atoms with Gasteiger partial charge in [-0.2, -0.15) is 0 Å². The molecule has 1 aliphatic rings. The van der Waals surface area contributed by atoms with Crippen LogP contribution in [-0.2, 0) is 28.5 Å². The van der Waals surface area contributed by atoms with Crippen molar-refractivity contribution in [2.45, 2.75) is 12.8 Å². The van der Waals surface area contributed by atoms with Crippen molar-refractivity contribution in [3.8, 4) is 34.1 Å². The van der Waals surface area contributed by atoms with E-state index in [-0.39, 0.29) is 28.9 Å². The van der Waals surface area contributed by atoms with Crippen LogP contribution in [0.5, 0.6) is 23.0 Å². The quantitative estimate of drug-likeness (QED) is 0.0479. The molecule has 1 aliphatic carbocycles. The lowest BCUT2D eigenvalue weighted by Gasteiger charge is -2.11. The van der Waals surface area contributed by atoms with Gasteiger partial charge in [-0.15, -0.1) is 0 Å². The largest absolute Gasteiger partial charge is 0.516 e. The fourth-order valence-electron chi connectivity index (χ4n) is 5.00. The third kappa shape index (κ3) is 9.10. The molecule has 54 heavy (non-hydrogen) atoms. The summed E-state index contributed by atoms with van der Waals surface area (Å²) in [6.07, 6.45) is -0.864. The van der Waals surface area contributed by atoms with E-state index in [4.69, 9.17) is 18.9 Å². The molecule has 0 amide bonds. The lowest BCUT2D eigenvalue weighted by molar-refractivity contribution is -0.147. The van der Waals surface area contributed by atoms with E-state index < -0.39 is 72.5 Å². The molecule has 0 aromatic heterocycles. The minimum atomic E-state index is -1.29. The Morgan fingerprint density at radius 2 is 0.926 bits per heavy atom. The smallest absolute Gasteiger partial charge is 0.425 e. The van der Waals surface area contributed by atoms with Crippen molar-refractivity contribution >= 4 is 36.2 Å². The van der Waals surface area contributed by atoms with Crippen LogP contribution in [0, 0.1) is 11.6 Å². The summed E-state index contributed by atoms with van der Waals surface area (Å²) in [4.78, 5) is 71.2. The van der Waals surface area contributed by atoms with Crippen molar-refractivity contribution < 1.29 is 75.4 Å². The summed E-state index contributed by atoms with van der Waals surface area (Å²) in [6.45, 7) is 6.71. The number of carbonyl (C=O) groups is 6. The number of hydrogen-bond acceptors (Lipinski definition) is 14. The number of carbonyl (C=O) groups excluding carboxylic acids is 6. The van der Waals surface area contributed by atoms with Gasteiger partial charge in [0.15, 0.2) is 0 Å². The Kier molecular flexibility index (Phi) is 11.8. The molecule has 14 nitrogen and oxygen atoms in total. The van der Waals surface area contributed by atoms with Gasteiger partial charge in [-0.05, 0) is 70.8 Å². The molecule has 276 valence electrons. The molecule has 0 unspecified atom stereocenters. The van der Waals surface area contributed by atoms with E-state index in [2.05, 4.69) is 32.1 Å². The van der Waals surface area contributed by atoms with Crippen molar-refractivity contribution in [3.05, 3.63) is 132 Å². The SMILES string of the molecule is C=CC(=O)OCOC(=O)Oc1ccc(C(=O)Oc2ccc3c(c2)C(C)c2cc(OC(=O)c4ccc(OC(=O)OCOC(=O)C=C)cc4F)ccc2-3)c(F)c1. The molecule has 0 bridgehead atoms. The molecule has 0 atom stereocenters. The second-order valence-corrected chi connectivity index (χ2v) is 10.8. The maximum Gasteiger partial charge on any atom is 0.516 e. The first-order chi connectivity index (χ1) is 25.9. The van der Waals surface area contributed by atoms with Gasteiger partial charge in [0, 0.05) is 30.2 Å². The summed E-state index contributed by atoms with van der Waals surface area (Å²) in [7, 11) is 0. The van der Waals surface area contributed by atoms with Crippen LogP contribution in [0.3, 0.4) is 0 Å². The first-order valence-electron chi connectivity index (χ1n) is 15.5. The van der Waals surface area contributed by atoms with Gasteiger partial charge >= 0.3 is 36.2 Å². The topological polar surface area (TPSA) is 176 Å². The Balaban J connectivity index is 1.19. The first kappa shape index (κ1) is 37.9. The molecule has 16 heteroatoms. The molecule has 0 fully saturated rings. The fraction of sp³-hybridized carbons (Fsp3) is 0.105.